The van der Waals surface area contributed by atoms with Crippen molar-refractivity contribution in [3.63, 3.8) is 0 Å². The van der Waals surface area contributed by atoms with Crippen molar-refractivity contribution >= 4 is 20.8 Å². The Balaban J connectivity index is 1.72. The Morgan fingerprint density at radius 2 is 1.62 bits per heavy atom. The van der Waals surface area contributed by atoms with Gasteiger partial charge >= 0.3 is 0 Å². The minimum atomic E-state index is -3.87. The molecule has 0 fully saturated rings. The van der Waals surface area contributed by atoms with Crippen LogP contribution in [0.5, 0.6) is 0 Å². The maximum absolute atomic E-state index is 13.2. The van der Waals surface area contributed by atoms with E-state index in [9.17, 15) is 22.3 Å². The molecule has 0 aromatic heterocycles. The predicted molar refractivity (Wildman–Crippen MR) is 95.9 cm³/mol. The molecule has 0 heterocycles. The van der Waals surface area contributed by atoms with Gasteiger partial charge in [-0.2, -0.15) is 0 Å². The first kappa shape index (κ1) is 18.4. The fraction of sp³-hybridized carbons (Fsp3) is 0.158. The molecule has 7 heteroatoms. The molecule has 2 N–H and O–H groups in total. The van der Waals surface area contributed by atoms with Crippen LogP contribution < -0.4 is 4.72 Å². The van der Waals surface area contributed by atoms with Crippen molar-refractivity contribution in [1.29, 1.82) is 0 Å². The second-order valence-electron chi connectivity index (χ2n) is 5.97. The Morgan fingerprint density at radius 1 is 0.962 bits per heavy atom. The van der Waals surface area contributed by atoms with E-state index in [-0.39, 0.29) is 12.1 Å². The molecule has 1 unspecified atom stereocenters. The van der Waals surface area contributed by atoms with Gasteiger partial charge in [0.2, 0.25) is 10.0 Å². The third-order valence-corrected chi connectivity index (χ3v) is 5.28. The smallest absolute Gasteiger partial charge is 0.215 e. The fourth-order valence-corrected chi connectivity index (χ4v) is 3.94. The largest absolute Gasteiger partial charge is 0.387 e. The van der Waals surface area contributed by atoms with Crippen LogP contribution in [-0.2, 0) is 15.8 Å². The zero-order chi connectivity index (χ0) is 18.7. The molecule has 3 aromatic rings. The standard InChI is InChI=1S/C19H17F2NO3S/c20-15-8-13(9-16(21)10-15)12-26(24,25)22-11-19(23)18-7-3-5-14-4-1-2-6-17(14)18/h1-10,19,22-23H,11-12H2. The molecular weight excluding hydrogens is 360 g/mol. The monoisotopic (exact) mass is 377 g/mol. The Kier molecular flexibility index (Phi) is 5.31. The summed E-state index contributed by atoms with van der Waals surface area (Å²) in [7, 11) is -3.87. The summed E-state index contributed by atoms with van der Waals surface area (Å²) < 4.78 is 53.0. The van der Waals surface area contributed by atoms with Gasteiger partial charge in [-0.15, -0.1) is 0 Å². The highest BCUT2D eigenvalue weighted by Gasteiger charge is 2.17. The van der Waals surface area contributed by atoms with E-state index in [0.717, 1.165) is 22.9 Å². The number of hydrogen-bond acceptors (Lipinski definition) is 3. The average Bonchev–Trinajstić information content (AvgIpc) is 2.58. The van der Waals surface area contributed by atoms with Gasteiger partial charge < -0.3 is 5.11 Å². The zero-order valence-corrected chi connectivity index (χ0v) is 14.5. The van der Waals surface area contributed by atoms with Crippen molar-refractivity contribution in [3.8, 4) is 0 Å². The van der Waals surface area contributed by atoms with Gasteiger partial charge in [-0.1, -0.05) is 42.5 Å². The van der Waals surface area contributed by atoms with Crippen molar-refractivity contribution in [2.75, 3.05) is 6.54 Å². The summed E-state index contributed by atoms with van der Waals surface area (Å²) in [5, 5.41) is 12.1. The molecule has 0 spiro atoms. The Hall–Kier alpha value is -2.35. The summed E-state index contributed by atoms with van der Waals surface area (Å²) >= 11 is 0. The molecule has 1 atom stereocenters. The van der Waals surface area contributed by atoms with Crippen LogP contribution in [0.4, 0.5) is 8.78 Å². The molecule has 26 heavy (non-hydrogen) atoms. The topological polar surface area (TPSA) is 66.4 Å². The first-order chi connectivity index (χ1) is 12.3. The summed E-state index contributed by atoms with van der Waals surface area (Å²) in [5.41, 5.74) is 0.595. The predicted octanol–water partition coefficient (Wildman–Crippen LogP) is 3.27. The van der Waals surface area contributed by atoms with Gasteiger partial charge in [-0.3, -0.25) is 0 Å². The number of benzene rings is 3. The highest BCUT2D eigenvalue weighted by Crippen LogP contribution is 2.24. The molecule has 0 saturated carbocycles. The Morgan fingerprint density at radius 3 is 2.35 bits per heavy atom. The maximum atomic E-state index is 13.2. The molecule has 0 radical (unpaired) electrons. The molecule has 0 aliphatic rings. The van der Waals surface area contributed by atoms with Crippen molar-refractivity contribution in [1.82, 2.24) is 4.72 Å². The van der Waals surface area contributed by atoms with Crippen LogP contribution in [0, 0.1) is 11.6 Å². The summed E-state index contributed by atoms with van der Waals surface area (Å²) in [6.07, 6.45) is -1.06. The molecular formula is C19H17F2NO3S. The molecule has 3 aromatic carbocycles. The molecule has 0 saturated heterocycles. The highest BCUT2D eigenvalue weighted by molar-refractivity contribution is 7.88. The second kappa shape index (κ2) is 7.49. The third kappa shape index (κ3) is 4.43. The van der Waals surface area contributed by atoms with E-state index in [1.165, 1.54) is 0 Å². The van der Waals surface area contributed by atoms with Crippen LogP contribution in [0.2, 0.25) is 0 Å². The number of sulfonamides is 1. The minimum Gasteiger partial charge on any atom is -0.387 e. The number of aliphatic hydroxyl groups excluding tert-OH is 1. The number of aliphatic hydroxyl groups is 1. The van der Waals surface area contributed by atoms with Crippen LogP contribution in [0.3, 0.4) is 0 Å². The van der Waals surface area contributed by atoms with Crippen LogP contribution in [0.1, 0.15) is 17.2 Å². The van der Waals surface area contributed by atoms with Crippen molar-refractivity contribution < 1.29 is 22.3 Å². The molecule has 0 aliphatic heterocycles. The fourth-order valence-electron chi connectivity index (χ4n) is 2.82. The third-order valence-electron chi connectivity index (χ3n) is 3.96. The lowest BCUT2D eigenvalue weighted by Crippen LogP contribution is -2.29. The number of rotatable bonds is 6. The van der Waals surface area contributed by atoms with E-state index >= 15 is 0 Å². The van der Waals surface area contributed by atoms with Crippen LogP contribution in [0.25, 0.3) is 10.8 Å². The molecule has 4 nitrogen and oxygen atoms in total. The lowest BCUT2D eigenvalue weighted by molar-refractivity contribution is 0.183. The number of hydrogen-bond donors (Lipinski definition) is 2. The molecule has 0 aliphatic carbocycles. The van der Waals surface area contributed by atoms with Crippen LogP contribution in [-0.4, -0.2) is 20.1 Å². The zero-order valence-electron chi connectivity index (χ0n) is 13.7. The Labute approximate surface area is 150 Å². The summed E-state index contributed by atoms with van der Waals surface area (Å²) in [4.78, 5) is 0. The SMILES string of the molecule is O=S(=O)(Cc1cc(F)cc(F)c1)NCC(O)c1cccc2ccccc12. The van der Waals surface area contributed by atoms with E-state index in [0.29, 0.717) is 11.6 Å². The first-order valence-corrected chi connectivity index (χ1v) is 9.57. The van der Waals surface area contributed by atoms with Gasteiger partial charge in [0.25, 0.3) is 0 Å². The van der Waals surface area contributed by atoms with E-state index in [2.05, 4.69) is 4.72 Å². The van der Waals surface area contributed by atoms with Gasteiger partial charge in [-0.25, -0.2) is 21.9 Å². The summed E-state index contributed by atoms with van der Waals surface area (Å²) in [6, 6.07) is 15.5. The van der Waals surface area contributed by atoms with Crippen LogP contribution >= 0.6 is 0 Å². The van der Waals surface area contributed by atoms with Gasteiger partial charge in [0.1, 0.15) is 11.6 Å². The highest BCUT2D eigenvalue weighted by atomic mass is 32.2. The number of nitrogens with one attached hydrogen (secondary N) is 1. The van der Waals surface area contributed by atoms with E-state index in [1.54, 1.807) is 12.1 Å². The van der Waals surface area contributed by atoms with Crippen molar-refractivity contribution in [3.05, 3.63) is 83.4 Å². The molecule has 3 rings (SSSR count). The Bertz CT molecular complexity index is 1010. The molecule has 0 bridgehead atoms. The first-order valence-electron chi connectivity index (χ1n) is 7.92. The normalized spacial score (nSPS) is 13.0. The van der Waals surface area contributed by atoms with Crippen LogP contribution in [0.15, 0.2) is 60.7 Å². The quantitative estimate of drug-likeness (QED) is 0.693. The van der Waals surface area contributed by atoms with Crippen molar-refractivity contribution in [2.45, 2.75) is 11.9 Å². The number of fused-ring (bicyclic) bond motifs is 1. The molecule has 136 valence electrons. The molecule has 0 amide bonds. The van der Waals surface area contributed by atoms with Crippen molar-refractivity contribution in [2.24, 2.45) is 0 Å². The van der Waals surface area contributed by atoms with Gasteiger partial charge in [-0.05, 0) is 34.0 Å². The van der Waals surface area contributed by atoms with E-state index in [4.69, 9.17) is 0 Å². The van der Waals surface area contributed by atoms with Gasteiger partial charge in [0.15, 0.2) is 0 Å². The average molecular weight is 377 g/mol. The minimum absolute atomic E-state index is 0.00495. The maximum Gasteiger partial charge on any atom is 0.215 e. The van der Waals surface area contributed by atoms with E-state index < -0.39 is 33.5 Å². The summed E-state index contributed by atoms with van der Waals surface area (Å²) in [5.74, 6) is -2.26. The van der Waals surface area contributed by atoms with Gasteiger partial charge in [0, 0.05) is 12.6 Å². The van der Waals surface area contributed by atoms with E-state index in [1.807, 2.05) is 30.3 Å². The lowest BCUT2D eigenvalue weighted by Gasteiger charge is -2.15. The second-order valence-corrected chi connectivity index (χ2v) is 7.78. The van der Waals surface area contributed by atoms with Gasteiger partial charge in [0.05, 0.1) is 11.9 Å². The summed E-state index contributed by atoms with van der Waals surface area (Å²) in [6.45, 7) is -0.242. The lowest BCUT2D eigenvalue weighted by atomic mass is 10.0. The number of halogens is 2.